The number of rotatable bonds is 4. The van der Waals surface area contributed by atoms with Crippen LogP contribution in [0, 0.1) is 0 Å². The van der Waals surface area contributed by atoms with Crippen molar-refractivity contribution in [1.29, 1.82) is 0 Å². The van der Waals surface area contributed by atoms with E-state index >= 15 is 0 Å². The predicted octanol–water partition coefficient (Wildman–Crippen LogP) is 5.60. The van der Waals surface area contributed by atoms with Crippen molar-refractivity contribution in [3.05, 3.63) is 100.0 Å². The maximum Gasteiger partial charge on any atom is 0.374 e. The number of hydrogen-bond acceptors (Lipinski definition) is 8. The summed E-state index contributed by atoms with van der Waals surface area (Å²) in [5.74, 6) is -1.67. The molecule has 0 fully saturated rings. The van der Waals surface area contributed by atoms with E-state index in [4.69, 9.17) is 13.9 Å². The fraction of sp³-hybridized carbons (Fsp3) is 0.148. The molecule has 0 aliphatic carbocycles. The molecule has 5 rings (SSSR count). The van der Waals surface area contributed by atoms with Gasteiger partial charge in [0.2, 0.25) is 5.76 Å². The maximum absolute atomic E-state index is 13.2. The number of pyridine rings is 1. The van der Waals surface area contributed by atoms with Crippen LogP contribution in [0.2, 0.25) is 0 Å². The Balaban J connectivity index is 1.93. The summed E-state index contributed by atoms with van der Waals surface area (Å²) in [5, 5.41) is 11.8. The average Bonchev–Trinajstić information content (AvgIpc) is 3.27. The number of carbonyl (C=O) groups excluding carboxylic acids is 2. The van der Waals surface area contributed by atoms with E-state index in [-0.39, 0.29) is 22.8 Å². The molecule has 4 aromatic rings. The van der Waals surface area contributed by atoms with Crippen LogP contribution in [0.3, 0.4) is 0 Å². The Morgan fingerprint density at radius 1 is 0.972 bits per heavy atom. The minimum Gasteiger partial charge on any atom is -0.465 e. The summed E-state index contributed by atoms with van der Waals surface area (Å²) < 4.78 is 16.9. The van der Waals surface area contributed by atoms with E-state index in [1.165, 1.54) is 14.2 Å². The largest absolute Gasteiger partial charge is 0.465 e. The molecule has 2 aromatic carbocycles. The van der Waals surface area contributed by atoms with Gasteiger partial charge in [0.05, 0.1) is 19.9 Å². The fourth-order valence-electron chi connectivity index (χ4n) is 4.51. The van der Waals surface area contributed by atoms with Gasteiger partial charge in [-0.1, -0.05) is 46.3 Å². The molecule has 182 valence electrons. The summed E-state index contributed by atoms with van der Waals surface area (Å²) in [6.07, 6.45) is 0.560. The summed E-state index contributed by atoms with van der Waals surface area (Å²) >= 11 is 3.46. The van der Waals surface area contributed by atoms with Crippen molar-refractivity contribution in [1.82, 2.24) is 4.98 Å². The van der Waals surface area contributed by atoms with Crippen LogP contribution in [0.15, 0.2) is 81.8 Å². The van der Waals surface area contributed by atoms with Gasteiger partial charge in [-0.15, -0.1) is 0 Å². The van der Waals surface area contributed by atoms with Gasteiger partial charge in [-0.25, -0.2) is 9.59 Å². The van der Waals surface area contributed by atoms with Crippen LogP contribution in [-0.2, 0) is 9.47 Å². The number of aliphatic hydroxyl groups excluding tert-OH is 1. The van der Waals surface area contributed by atoms with Crippen LogP contribution in [0.5, 0.6) is 0 Å². The van der Waals surface area contributed by atoms with Crippen molar-refractivity contribution < 1.29 is 28.6 Å². The highest BCUT2D eigenvalue weighted by molar-refractivity contribution is 9.10. The van der Waals surface area contributed by atoms with Crippen molar-refractivity contribution in [2.75, 3.05) is 19.1 Å². The quantitative estimate of drug-likeness (QED) is 0.328. The Hall–Kier alpha value is -3.95. The predicted molar refractivity (Wildman–Crippen MR) is 135 cm³/mol. The van der Waals surface area contributed by atoms with E-state index in [2.05, 4.69) is 20.9 Å². The zero-order valence-corrected chi connectivity index (χ0v) is 20.9. The van der Waals surface area contributed by atoms with Crippen molar-refractivity contribution in [3.63, 3.8) is 0 Å². The molecule has 36 heavy (non-hydrogen) atoms. The van der Waals surface area contributed by atoms with E-state index < -0.39 is 24.1 Å². The molecule has 1 aliphatic rings. The Bertz CT molecular complexity index is 1430. The first kappa shape index (κ1) is 23.8. The van der Waals surface area contributed by atoms with Gasteiger partial charge in [0.25, 0.3) is 0 Å². The van der Waals surface area contributed by atoms with Crippen molar-refractivity contribution in [2.24, 2.45) is 0 Å². The highest BCUT2D eigenvalue weighted by Gasteiger charge is 2.44. The van der Waals surface area contributed by atoms with Crippen LogP contribution >= 0.6 is 15.9 Å². The first-order chi connectivity index (χ1) is 17.5. The molecule has 1 aliphatic heterocycles. The Morgan fingerprint density at radius 2 is 1.67 bits per heavy atom. The van der Waals surface area contributed by atoms with Gasteiger partial charge in [-0.05, 0) is 42.0 Å². The summed E-state index contributed by atoms with van der Waals surface area (Å²) in [7, 11) is 2.43. The highest BCUT2D eigenvalue weighted by Crippen LogP contribution is 2.53. The van der Waals surface area contributed by atoms with Crippen LogP contribution in [0.1, 0.15) is 44.3 Å². The second-order valence-electron chi connectivity index (χ2n) is 8.05. The smallest absolute Gasteiger partial charge is 0.374 e. The van der Waals surface area contributed by atoms with Crippen LogP contribution < -0.4 is 4.90 Å². The fourth-order valence-corrected chi connectivity index (χ4v) is 4.78. The number of methoxy groups -OCH3 is 2. The molecule has 0 saturated carbocycles. The molecule has 8 nitrogen and oxygen atoms in total. The monoisotopic (exact) mass is 548 g/mol. The zero-order chi connectivity index (χ0) is 25.4. The maximum atomic E-state index is 13.2. The van der Waals surface area contributed by atoms with Crippen molar-refractivity contribution in [2.45, 2.75) is 12.1 Å². The molecule has 0 radical (unpaired) electrons. The molecular formula is C27H21BrN2O6. The van der Waals surface area contributed by atoms with Crippen LogP contribution in [-0.4, -0.2) is 36.2 Å². The molecular weight excluding hydrogens is 528 g/mol. The number of halogens is 1. The molecule has 1 N–H and O–H groups in total. The number of aromatic nitrogens is 1. The highest BCUT2D eigenvalue weighted by atomic mass is 79.9. The Kier molecular flexibility index (Phi) is 6.34. The molecule has 0 unspecified atom stereocenters. The van der Waals surface area contributed by atoms with Crippen molar-refractivity contribution in [3.8, 4) is 11.3 Å². The molecule has 2 aromatic heterocycles. The molecule has 3 heterocycles. The summed E-state index contributed by atoms with van der Waals surface area (Å²) in [5.41, 5.74) is 2.42. The number of nitrogens with zero attached hydrogens (tertiary/aromatic N) is 2. The average molecular weight is 549 g/mol. The number of esters is 2. The van der Waals surface area contributed by atoms with Gasteiger partial charge in [0, 0.05) is 21.9 Å². The number of furan rings is 1. The van der Waals surface area contributed by atoms with Crippen LogP contribution in [0.25, 0.3) is 11.3 Å². The first-order valence-corrected chi connectivity index (χ1v) is 11.8. The lowest BCUT2D eigenvalue weighted by Crippen LogP contribution is -2.30. The first-order valence-electron chi connectivity index (χ1n) is 11.0. The summed E-state index contributed by atoms with van der Waals surface area (Å²) in [6.45, 7) is 0. The number of carbonyl (C=O) groups is 2. The molecule has 2 atom stereocenters. The molecule has 0 bridgehead atoms. The SMILES string of the molecule is COC(=O)c1oc2c(c1C(=O)OC)N(c1ccc(Br)cc1)[C@H](c1ccccn1)[C@@H](O)c1ccccc1-2. The molecule has 9 heteroatoms. The second-order valence-corrected chi connectivity index (χ2v) is 8.96. The number of aliphatic hydroxyl groups is 1. The normalized spacial score (nSPS) is 16.5. The molecule has 0 saturated heterocycles. The number of benzene rings is 2. The topological polar surface area (TPSA) is 102 Å². The second kappa shape index (κ2) is 9.60. The number of fused-ring (bicyclic) bond motifs is 3. The van der Waals surface area contributed by atoms with Gasteiger partial charge >= 0.3 is 11.9 Å². The third kappa shape index (κ3) is 3.86. The lowest BCUT2D eigenvalue weighted by Gasteiger charge is -2.35. The summed E-state index contributed by atoms with van der Waals surface area (Å²) in [6, 6.07) is 19.1. The van der Waals surface area contributed by atoms with E-state index in [1.54, 1.807) is 47.5 Å². The molecule has 0 spiro atoms. The standard InChI is InChI=1S/C27H21BrN2O6/c1-34-26(32)20-22-24(36-25(20)27(33)35-2)18-8-4-3-7-17(18)23(31)21(19-9-5-6-14-29-19)30(22)16-12-10-15(28)11-13-16/h3-14,21,23,31H,1-2H3/t21-,23+/m1/s1. The van der Waals surface area contributed by atoms with Gasteiger partial charge in [0.15, 0.2) is 5.76 Å². The molecule has 0 amide bonds. The van der Waals surface area contributed by atoms with E-state index in [9.17, 15) is 14.7 Å². The minimum atomic E-state index is -1.07. The Labute approximate surface area is 215 Å². The number of ether oxygens (including phenoxy) is 2. The number of hydrogen-bond donors (Lipinski definition) is 1. The van der Waals surface area contributed by atoms with Gasteiger partial charge < -0.3 is 23.9 Å². The number of anilines is 2. The van der Waals surface area contributed by atoms with Gasteiger partial charge in [-0.2, -0.15) is 0 Å². The van der Waals surface area contributed by atoms with E-state index in [1.807, 2.05) is 30.3 Å². The summed E-state index contributed by atoms with van der Waals surface area (Å²) in [4.78, 5) is 32.2. The Morgan fingerprint density at radius 3 is 2.33 bits per heavy atom. The lowest BCUT2D eigenvalue weighted by atomic mass is 9.95. The van der Waals surface area contributed by atoms with Gasteiger partial charge in [-0.3, -0.25) is 4.98 Å². The van der Waals surface area contributed by atoms with Gasteiger partial charge in [0.1, 0.15) is 23.4 Å². The zero-order valence-electron chi connectivity index (χ0n) is 19.3. The van der Waals surface area contributed by atoms with E-state index in [0.717, 1.165) is 4.47 Å². The van der Waals surface area contributed by atoms with E-state index in [0.29, 0.717) is 22.5 Å². The van der Waals surface area contributed by atoms with Crippen molar-refractivity contribution >= 4 is 39.2 Å². The van der Waals surface area contributed by atoms with Crippen LogP contribution in [0.4, 0.5) is 11.4 Å². The minimum absolute atomic E-state index is 0.105. The third-order valence-electron chi connectivity index (χ3n) is 6.08. The third-order valence-corrected chi connectivity index (χ3v) is 6.61. The lowest BCUT2D eigenvalue weighted by molar-refractivity contribution is 0.0529.